The van der Waals surface area contributed by atoms with E-state index < -0.39 is 0 Å². The van der Waals surface area contributed by atoms with Crippen molar-refractivity contribution in [1.82, 2.24) is 0 Å². The van der Waals surface area contributed by atoms with Gasteiger partial charge in [-0.15, -0.1) is 0 Å². The SMILES string of the molecule is CC(=O)OCc1ccccc1.CCONc1ccccc1. The molecular weight excluding hydrogens is 266 g/mol. The number of carbonyl (C=O) groups is 1. The van der Waals surface area contributed by atoms with Crippen molar-refractivity contribution in [2.24, 2.45) is 0 Å². The van der Waals surface area contributed by atoms with Gasteiger partial charge in [0.15, 0.2) is 0 Å². The van der Waals surface area contributed by atoms with Crippen molar-refractivity contribution in [2.45, 2.75) is 20.5 Å². The average Bonchev–Trinajstić information content (AvgIpc) is 2.53. The predicted molar refractivity (Wildman–Crippen MR) is 83.6 cm³/mol. The minimum absolute atomic E-state index is 0.242. The first-order chi connectivity index (χ1) is 10.2. The summed E-state index contributed by atoms with van der Waals surface area (Å²) in [7, 11) is 0. The van der Waals surface area contributed by atoms with Crippen LogP contribution in [0.3, 0.4) is 0 Å². The van der Waals surface area contributed by atoms with E-state index in [-0.39, 0.29) is 5.97 Å². The van der Waals surface area contributed by atoms with Gasteiger partial charge in [0, 0.05) is 6.92 Å². The van der Waals surface area contributed by atoms with Crippen molar-refractivity contribution in [1.29, 1.82) is 0 Å². The average molecular weight is 287 g/mol. The van der Waals surface area contributed by atoms with Gasteiger partial charge in [-0.3, -0.25) is 15.1 Å². The van der Waals surface area contributed by atoms with Gasteiger partial charge in [0.2, 0.25) is 0 Å². The highest BCUT2D eigenvalue weighted by Crippen LogP contribution is 2.03. The second-order valence-corrected chi connectivity index (χ2v) is 4.17. The molecule has 0 aliphatic carbocycles. The predicted octanol–water partition coefficient (Wildman–Crippen LogP) is 3.80. The number of hydrogen-bond donors (Lipinski definition) is 1. The maximum absolute atomic E-state index is 10.4. The Labute approximate surface area is 125 Å². The van der Waals surface area contributed by atoms with Gasteiger partial charge in [-0.05, 0) is 24.6 Å². The number of hydrogen-bond acceptors (Lipinski definition) is 4. The summed E-state index contributed by atoms with van der Waals surface area (Å²) in [6, 6.07) is 19.4. The largest absolute Gasteiger partial charge is 0.461 e. The molecule has 0 heterocycles. The van der Waals surface area contributed by atoms with Crippen LogP contribution >= 0.6 is 0 Å². The fraction of sp³-hybridized carbons (Fsp3) is 0.235. The van der Waals surface area contributed by atoms with Crippen LogP contribution in [0.25, 0.3) is 0 Å². The molecule has 0 bridgehead atoms. The summed E-state index contributed by atoms with van der Waals surface area (Å²) in [6.45, 7) is 4.39. The molecule has 0 atom stereocenters. The molecule has 0 spiro atoms. The van der Waals surface area contributed by atoms with Crippen molar-refractivity contribution in [3.8, 4) is 0 Å². The normalized spacial score (nSPS) is 9.24. The Morgan fingerprint density at radius 2 is 1.57 bits per heavy atom. The van der Waals surface area contributed by atoms with Gasteiger partial charge in [-0.2, -0.15) is 0 Å². The molecule has 0 fully saturated rings. The minimum atomic E-state index is -0.242. The summed E-state index contributed by atoms with van der Waals surface area (Å²) < 4.78 is 4.79. The van der Waals surface area contributed by atoms with E-state index in [0.29, 0.717) is 13.2 Å². The molecule has 2 rings (SSSR count). The van der Waals surface area contributed by atoms with Crippen molar-refractivity contribution >= 4 is 11.7 Å². The van der Waals surface area contributed by atoms with E-state index >= 15 is 0 Å². The van der Waals surface area contributed by atoms with Gasteiger partial charge in [0.25, 0.3) is 0 Å². The Kier molecular flexibility index (Phi) is 8.33. The summed E-state index contributed by atoms with van der Waals surface area (Å²) in [5.41, 5.74) is 4.80. The van der Waals surface area contributed by atoms with Crippen LogP contribution in [-0.4, -0.2) is 12.6 Å². The number of nitrogens with one attached hydrogen (secondary N) is 1. The number of ether oxygens (including phenoxy) is 1. The quantitative estimate of drug-likeness (QED) is 0.671. The first-order valence-electron chi connectivity index (χ1n) is 6.82. The van der Waals surface area contributed by atoms with E-state index in [0.717, 1.165) is 11.3 Å². The molecule has 0 saturated carbocycles. The first-order valence-corrected chi connectivity index (χ1v) is 6.82. The molecule has 0 aliphatic heterocycles. The Balaban J connectivity index is 0.000000211. The second-order valence-electron chi connectivity index (χ2n) is 4.17. The number of rotatable bonds is 5. The molecule has 1 N–H and O–H groups in total. The third-order valence-electron chi connectivity index (χ3n) is 2.39. The number of para-hydroxylation sites is 1. The molecular formula is C17H21NO3. The summed E-state index contributed by atoms with van der Waals surface area (Å²) in [5, 5.41) is 0. The van der Waals surface area contributed by atoms with E-state index in [1.165, 1.54) is 6.92 Å². The molecule has 0 unspecified atom stereocenters. The summed E-state index contributed by atoms with van der Waals surface area (Å²) in [5.74, 6) is -0.242. The number of anilines is 1. The molecule has 2 aromatic rings. The summed E-state index contributed by atoms with van der Waals surface area (Å²) in [6.07, 6.45) is 0. The zero-order chi connectivity index (χ0) is 15.3. The lowest BCUT2D eigenvalue weighted by atomic mass is 10.2. The van der Waals surface area contributed by atoms with Gasteiger partial charge in [-0.1, -0.05) is 48.5 Å². The molecule has 4 nitrogen and oxygen atoms in total. The van der Waals surface area contributed by atoms with Crippen LogP contribution in [0.2, 0.25) is 0 Å². The van der Waals surface area contributed by atoms with Crippen LogP contribution in [0.15, 0.2) is 60.7 Å². The van der Waals surface area contributed by atoms with Gasteiger partial charge >= 0.3 is 5.97 Å². The maximum atomic E-state index is 10.4. The Morgan fingerprint density at radius 3 is 2.10 bits per heavy atom. The fourth-order valence-electron chi connectivity index (χ4n) is 1.42. The third kappa shape index (κ3) is 8.44. The van der Waals surface area contributed by atoms with Gasteiger partial charge in [0.1, 0.15) is 6.61 Å². The lowest BCUT2D eigenvalue weighted by molar-refractivity contribution is -0.142. The van der Waals surface area contributed by atoms with Gasteiger partial charge in [-0.25, -0.2) is 0 Å². The van der Waals surface area contributed by atoms with Crippen LogP contribution in [0.5, 0.6) is 0 Å². The van der Waals surface area contributed by atoms with E-state index in [1.807, 2.05) is 67.6 Å². The molecule has 0 radical (unpaired) electrons. The van der Waals surface area contributed by atoms with Crippen molar-refractivity contribution in [3.05, 3.63) is 66.2 Å². The highest BCUT2D eigenvalue weighted by atomic mass is 16.6. The van der Waals surface area contributed by atoms with Crippen LogP contribution in [0.4, 0.5) is 5.69 Å². The summed E-state index contributed by atoms with van der Waals surface area (Å²) >= 11 is 0. The Hall–Kier alpha value is -2.33. The number of carbonyl (C=O) groups excluding carboxylic acids is 1. The highest BCUT2D eigenvalue weighted by Gasteiger charge is 1.93. The van der Waals surface area contributed by atoms with Gasteiger partial charge in [0.05, 0.1) is 12.3 Å². The molecule has 0 aromatic heterocycles. The lowest BCUT2D eigenvalue weighted by Gasteiger charge is -2.02. The molecule has 2 aromatic carbocycles. The standard InChI is InChI=1S/C9H10O2.C8H11NO/c1-8(10)11-7-9-5-3-2-4-6-9;1-2-10-9-8-6-4-3-5-7-8/h2-6H,7H2,1H3;3-7,9H,2H2,1H3. The zero-order valence-electron chi connectivity index (χ0n) is 12.4. The smallest absolute Gasteiger partial charge is 0.302 e. The third-order valence-corrected chi connectivity index (χ3v) is 2.39. The highest BCUT2D eigenvalue weighted by molar-refractivity contribution is 5.65. The van der Waals surface area contributed by atoms with E-state index in [2.05, 4.69) is 5.48 Å². The van der Waals surface area contributed by atoms with Crippen LogP contribution in [-0.2, 0) is 21.0 Å². The molecule has 0 saturated heterocycles. The maximum Gasteiger partial charge on any atom is 0.302 e. The first kappa shape index (κ1) is 16.7. The van der Waals surface area contributed by atoms with Crippen LogP contribution in [0.1, 0.15) is 19.4 Å². The van der Waals surface area contributed by atoms with E-state index in [4.69, 9.17) is 9.57 Å². The monoisotopic (exact) mass is 287 g/mol. The van der Waals surface area contributed by atoms with Crippen LogP contribution < -0.4 is 5.48 Å². The van der Waals surface area contributed by atoms with Gasteiger partial charge < -0.3 is 4.74 Å². The molecule has 4 heteroatoms. The molecule has 0 amide bonds. The summed E-state index contributed by atoms with van der Waals surface area (Å²) in [4.78, 5) is 15.4. The topological polar surface area (TPSA) is 47.6 Å². The molecule has 112 valence electrons. The zero-order valence-corrected chi connectivity index (χ0v) is 12.4. The lowest BCUT2D eigenvalue weighted by Crippen LogP contribution is -1.98. The number of esters is 1. The number of benzene rings is 2. The Morgan fingerprint density at radius 1 is 1.00 bits per heavy atom. The molecule has 0 aliphatic rings. The minimum Gasteiger partial charge on any atom is -0.461 e. The van der Waals surface area contributed by atoms with Crippen LogP contribution in [0, 0.1) is 0 Å². The Bertz CT molecular complexity index is 500. The fourth-order valence-corrected chi connectivity index (χ4v) is 1.42. The van der Waals surface area contributed by atoms with Crippen molar-refractivity contribution in [2.75, 3.05) is 12.1 Å². The second kappa shape index (κ2) is 10.5. The van der Waals surface area contributed by atoms with Crippen molar-refractivity contribution in [3.63, 3.8) is 0 Å². The van der Waals surface area contributed by atoms with E-state index in [1.54, 1.807) is 0 Å². The molecule has 21 heavy (non-hydrogen) atoms. The van der Waals surface area contributed by atoms with E-state index in [9.17, 15) is 4.79 Å². The van der Waals surface area contributed by atoms with Crippen molar-refractivity contribution < 1.29 is 14.4 Å².